The van der Waals surface area contributed by atoms with Crippen LogP contribution in [0.1, 0.15) is 43.1 Å². The van der Waals surface area contributed by atoms with E-state index in [1.54, 1.807) is 12.1 Å². The fourth-order valence-electron chi connectivity index (χ4n) is 3.91. The molecule has 138 valence electrons. The molecule has 1 aromatic rings. The molecule has 4 unspecified atom stereocenters. The Morgan fingerprint density at radius 3 is 2.08 bits per heavy atom. The highest BCUT2D eigenvalue weighted by Crippen LogP contribution is 2.48. The van der Waals surface area contributed by atoms with E-state index in [2.05, 4.69) is 31.6 Å². The molecular formula is C20H24N2O4. The molecule has 1 fully saturated rings. The van der Waals surface area contributed by atoms with E-state index in [-0.39, 0.29) is 17.3 Å². The second-order valence-corrected chi connectivity index (χ2v) is 8.11. The summed E-state index contributed by atoms with van der Waals surface area (Å²) in [5.74, 6) is -3.40. The van der Waals surface area contributed by atoms with Gasteiger partial charge >= 0.3 is 5.97 Å². The summed E-state index contributed by atoms with van der Waals surface area (Å²) in [5, 5.41) is 9.40. The number of amides is 2. The third kappa shape index (κ3) is 3.36. The van der Waals surface area contributed by atoms with Crippen LogP contribution in [0.25, 0.3) is 0 Å². The molecule has 0 radical (unpaired) electrons. The van der Waals surface area contributed by atoms with Gasteiger partial charge in [-0.1, -0.05) is 45.1 Å². The SMILES string of the molecule is CC(C)(C)c1ccc(C(=O)NNC(=O)C2C3C=CC(C3)C2C(=O)O)cc1. The molecule has 26 heavy (non-hydrogen) atoms. The van der Waals surface area contributed by atoms with Crippen LogP contribution >= 0.6 is 0 Å². The maximum atomic E-state index is 12.4. The van der Waals surface area contributed by atoms with Crippen LogP contribution in [0.3, 0.4) is 0 Å². The molecule has 3 rings (SSSR count). The minimum atomic E-state index is -0.967. The highest BCUT2D eigenvalue weighted by molar-refractivity contribution is 5.96. The molecule has 0 heterocycles. The summed E-state index contributed by atoms with van der Waals surface area (Å²) in [6.45, 7) is 6.26. The Hall–Kier alpha value is -2.63. The minimum Gasteiger partial charge on any atom is -0.481 e. The molecule has 2 aliphatic rings. The lowest BCUT2D eigenvalue weighted by Crippen LogP contribution is -2.48. The molecule has 1 saturated carbocycles. The summed E-state index contributed by atoms with van der Waals surface area (Å²) in [7, 11) is 0. The number of carboxylic acids is 1. The number of hydrogen-bond acceptors (Lipinski definition) is 3. The van der Waals surface area contributed by atoms with Gasteiger partial charge in [0.1, 0.15) is 0 Å². The van der Waals surface area contributed by atoms with Crippen LogP contribution in [-0.4, -0.2) is 22.9 Å². The zero-order valence-electron chi connectivity index (χ0n) is 15.2. The van der Waals surface area contributed by atoms with Crippen molar-refractivity contribution in [1.29, 1.82) is 0 Å². The van der Waals surface area contributed by atoms with Crippen LogP contribution < -0.4 is 10.9 Å². The Morgan fingerprint density at radius 2 is 1.54 bits per heavy atom. The molecule has 4 atom stereocenters. The van der Waals surface area contributed by atoms with E-state index in [4.69, 9.17) is 0 Å². The predicted octanol–water partition coefficient (Wildman–Crippen LogP) is 2.27. The predicted molar refractivity (Wildman–Crippen MR) is 96.1 cm³/mol. The second-order valence-electron chi connectivity index (χ2n) is 8.11. The van der Waals surface area contributed by atoms with Crippen molar-refractivity contribution in [3.8, 4) is 0 Å². The Morgan fingerprint density at radius 1 is 0.962 bits per heavy atom. The Kier molecular flexibility index (Phi) is 4.61. The van der Waals surface area contributed by atoms with Gasteiger partial charge < -0.3 is 5.11 Å². The highest BCUT2D eigenvalue weighted by atomic mass is 16.4. The number of nitrogens with one attached hydrogen (secondary N) is 2. The monoisotopic (exact) mass is 356 g/mol. The highest BCUT2D eigenvalue weighted by Gasteiger charge is 2.51. The fraction of sp³-hybridized carbons (Fsp3) is 0.450. The first-order valence-corrected chi connectivity index (χ1v) is 8.80. The summed E-state index contributed by atoms with van der Waals surface area (Å²) in [6.07, 6.45) is 4.46. The van der Waals surface area contributed by atoms with Crippen LogP contribution in [0.2, 0.25) is 0 Å². The van der Waals surface area contributed by atoms with Gasteiger partial charge in [-0.25, -0.2) is 0 Å². The number of hydrogen-bond donors (Lipinski definition) is 3. The standard InChI is InChI=1S/C20H24N2O4/c1-20(2,3)14-8-6-11(7-9-14)17(23)21-22-18(24)15-12-4-5-13(10-12)16(15)19(25)26/h4-9,12-13,15-16H,10H2,1-3H3,(H,21,23)(H,22,24)(H,25,26). The van der Waals surface area contributed by atoms with Gasteiger partial charge in [-0.3, -0.25) is 25.2 Å². The van der Waals surface area contributed by atoms with Gasteiger partial charge in [0.2, 0.25) is 5.91 Å². The first-order chi connectivity index (χ1) is 12.2. The normalized spacial score (nSPS) is 26.6. The zero-order chi connectivity index (χ0) is 19.1. The van der Waals surface area contributed by atoms with E-state index in [1.165, 1.54) is 0 Å². The second kappa shape index (κ2) is 6.59. The third-order valence-corrected chi connectivity index (χ3v) is 5.36. The number of allylic oxidation sites excluding steroid dienone is 2. The van der Waals surface area contributed by atoms with Crippen molar-refractivity contribution >= 4 is 17.8 Å². The van der Waals surface area contributed by atoms with Crippen molar-refractivity contribution in [2.75, 3.05) is 0 Å². The van der Waals surface area contributed by atoms with E-state index in [0.717, 1.165) is 5.56 Å². The van der Waals surface area contributed by atoms with E-state index in [1.807, 2.05) is 24.3 Å². The van der Waals surface area contributed by atoms with E-state index in [0.29, 0.717) is 12.0 Å². The quantitative estimate of drug-likeness (QED) is 0.572. The lowest BCUT2D eigenvalue weighted by atomic mass is 9.82. The number of rotatable bonds is 3. The molecule has 2 amide bonds. The maximum absolute atomic E-state index is 12.4. The maximum Gasteiger partial charge on any atom is 0.307 e. The lowest BCUT2D eigenvalue weighted by molar-refractivity contribution is -0.148. The van der Waals surface area contributed by atoms with Gasteiger partial charge in [-0.05, 0) is 41.4 Å². The van der Waals surface area contributed by atoms with Crippen LogP contribution in [-0.2, 0) is 15.0 Å². The van der Waals surface area contributed by atoms with E-state index >= 15 is 0 Å². The number of carbonyl (C=O) groups is 3. The van der Waals surface area contributed by atoms with Crippen molar-refractivity contribution in [2.24, 2.45) is 23.7 Å². The minimum absolute atomic E-state index is 0.00955. The number of carbonyl (C=O) groups excluding carboxylic acids is 2. The molecule has 2 bridgehead atoms. The molecule has 3 N–H and O–H groups in total. The first-order valence-electron chi connectivity index (χ1n) is 8.80. The van der Waals surface area contributed by atoms with Crippen LogP contribution in [0.5, 0.6) is 0 Å². The molecule has 6 nitrogen and oxygen atoms in total. The number of benzene rings is 1. The molecule has 0 saturated heterocycles. The molecular weight excluding hydrogens is 332 g/mol. The van der Waals surface area contributed by atoms with Crippen molar-refractivity contribution in [2.45, 2.75) is 32.6 Å². The number of aliphatic carboxylic acids is 1. The van der Waals surface area contributed by atoms with E-state index < -0.39 is 29.6 Å². The molecule has 0 aliphatic heterocycles. The number of fused-ring (bicyclic) bond motifs is 2. The number of carboxylic acid groups (broad SMARTS) is 1. The molecule has 2 aliphatic carbocycles. The van der Waals surface area contributed by atoms with Crippen molar-refractivity contribution < 1.29 is 19.5 Å². The van der Waals surface area contributed by atoms with Crippen molar-refractivity contribution in [3.05, 3.63) is 47.5 Å². The van der Waals surface area contributed by atoms with Gasteiger partial charge in [-0.15, -0.1) is 0 Å². The summed E-state index contributed by atoms with van der Waals surface area (Å²) in [5.41, 5.74) is 6.33. The lowest BCUT2D eigenvalue weighted by Gasteiger charge is -2.24. The van der Waals surface area contributed by atoms with Gasteiger partial charge in [-0.2, -0.15) is 0 Å². The zero-order valence-corrected chi connectivity index (χ0v) is 15.2. The van der Waals surface area contributed by atoms with Crippen LogP contribution in [0.15, 0.2) is 36.4 Å². The topological polar surface area (TPSA) is 95.5 Å². The molecule has 0 spiro atoms. The smallest absolute Gasteiger partial charge is 0.307 e. The van der Waals surface area contributed by atoms with Gasteiger partial charge in [0, 0.05) is 5.56 Å². The Balaban J connectivity index is 1.62. The Labute approximate surface area is 152 Å². The summed E-state index contributed by atoms with van der Waals surface area (Å²) < 4.78 is 0. The Bertz CT molecular complexity index is 761. The molecule has 0 aromatic heterocycles. The van der Waals surface area contributed by atoms with Crippen LogP contribution in [0.4, 0.5) is 0 Å². The average molecular weight is 356 g/mol. The average Bonchev–Trinajstić information content (AvgIpc) is 3.19. The number of hydrazine groups is 1. The van der Waals surface area contributed by atoms with Gasteiger partial charge in [0.25, 0.3) is 5.91 Å². The van der Waals surface area contributed by atoms with Gasteiger partial charge in [0.15, 0.2) is 0 Å². The molecule has 1 aromatic carbocycles. The van der Waals surface area contributed by atoms with Crippen LogP contribution in [0, 0.1) is 23.7 Å². The summed E-state index contributed by atoms with van der Waals surface area (Å²) in [6, 6.07) is 7.20. The summed E-state index contributed by atoms with van der Waals surface area (Å²) >= 11 is 0. The summed E-state index contributed by atoms with van der Waals surface area (Å²) in [4.78, 5) is 36.2. The first kappa shape index (κ1) is 18.2. The largest absolute Gasteiger partial charge is 0.481 e. The van der Waals surface area contributed by atoms with Crippen molar-refractivity contribution in [3.63, 3.8) is 0 Å². The van der Waals surface area contributed by atoms with Gasteiger partial charge in [0.05, 0.1) is 11.8 Å². The van der Waals surface area contributed by atoms with E-state index in [9.17, 15) is 19.5 Å². The fourth-order valence-corrected chi connectivity index (χ4v) is 3.91. The molecule has 6 heteroatoms. The van der Waals surface area contributed by atoms with Crippen molar-refractivity contribution in [1.82, 2.24) is 10.9 Å². The third-order valence-electron chi connectivity index (χ3n) is 5.36.